The third-order valence-electron chi connectivity index (χ3n) is 2.03. The molecule has 0 saturated heterocycles. The Balaban J connectivity index is 2.19. The van der Waals surface area contributed by atoms with Crippen molar-refractivity contribution in [1.82, 2.24) is 9.36 Å². The molecular weight excluding hydrogens is 307 g/mol. The minimum Gasteiger partial charge on any atom is -0.429 e. The molecule has 0 saturated carbocycles. The number of benzene rings is 1. The van der Waals surface area contributed by atoms with Gasteiger partial charge in [0.05, 0.1) is 4.47 Å². The van der Waals surface area contributed by atoms with Gasteiger partial charge in [-0.1, -0.05) is 13.8 Å². The van der Waals surface area contributed by atoms with E-state index < -0.39 is 0 Å². The summed E-state index contributed by atoms with van der Waals surface area (Å²) in [6, 6.07) is 4.24. The minimum atomic E-state index is -0.315. The molecule has 3 nitrogen and oxygen atoms in total. The van der Waals surface area contributed by atoms with Gasteiger partial charge >= 0.3 is 0 Å². The van der Waals surface area contributed by atoms with Crippen molar-refractivity contribution in [1.29, 1.82) is 0 Å². The summed E-state index contributed by atoms with van der Waals surface area (Å²) in [5.41, 5.74) is 0. The zero-order valence-corrected chi connectivity index (χ0v) is 11.7. The molecule has 6 heteroatoms. The smallest absolute Gasteiger partial charge is 0.298 e. The second-order valence-electron chi connectivity index (χ2n) is 3.75. The average Bonchev–Trinajstić information content (AvgIpc) is 2.71. The third-order valence-corrected chi connectivity index (χ3v) is 3.26. The van der Waals surface area contributed by atoms with Crippen LogP contribution in [0, 0.1) is 5.82 Å². The molecule has 0 radical (unpaired) electrons. The van der Waals surface area contributed by atoms with Gasteiger partial charge in [0.1, 0.15) is 17.4 Å². The van der Waals surface area contributed by atoms with E-state index in [2.05, 4.69) is 25.3 Å². The van der Waals surface area contributed by atoms with Crippen LogP contribution in [0.1, 0.15) is 25.6 Å². The molecule has 1 aromatic carbocycles. The molecule has 0 amide bonds. The van der Waals surface area contributed by atoms with E-state index in [-0.39, 0.29) is 11.7 Å². The van der Waals surface area contributed by atoms with Crippen molar-refractivity contribution >= 4 is 27.5 Å². The lowest BCUT2D eigenvalue weighted by Gasteiger charge is -2.03. The van der Waals surface area contributed by atoms with Gasteiger partial charge in [0.15, 0.2) is 0 Å². The van der Waals surface area contributed by atoms with Crippen LogP contribution in [0.2, 0.25) is 0 Å². The number of hydrogen-bond acceptors (Lipinski definition) is 4. The van der Waals surface area contributed by atoms with Crippen LogP contribution in [0.5, 0.6) is 10.9 Å². The van der Waals surface area contributed by atoms with E-state index in [9.17, 15) is 4.39 Å². The molecule has 2 rings (SSSR count). The monoisotopic (exact) mass is 316 g/mol. The average molecular weight is 317 g/mol. The highest BCUT2D eigenvalue weighted by Gasteiger charge is 2.11. The van der Waals surface area contributed by atoms with Crippen LogP contribution in [0.25, 0.3) is 0 Å². The van der Waals surface area contributed by atoms with Gasteiger partial charge in [-0.05, 0) is 34.1 Å². The van der Waals surface area contributed by atoms with E-state index in [1.807, 2.05) is 13.8 Å². The lowest BCUT2D eigenvalue weighted by atomic mass is 10.2. The Morgan fingerprint density at radius 2 is 2.18 bits per heavy atom. The first-order chi connectivity index (χ1) is 8.06. The molecule has 0 bridgehead atoms. The van der Waals surface area contributed by atoms with E-state index in [4.69, 9.17) is 4.74 Å². The molecule has 0 spiro atoms. The summed E-state index contributed by atoms with van der Waals surface area (Å²) < 4.78 is 23.1. The van der Waals surface area contributed by atoms with Gasteiger partial charge in [0, 0.05) is 17.5 Å². The minimum absolute atomic E-state index is 0.264. The van der Waals surface area contributed by atoms with E-state index in [0.29, 0.717) is 15.4 Å². The van der Waals surface area contributed by atoms with Crippen LogP contribution in [-0.4, -0.2) is 9.36 Å². The van der Waals surface area contributed by atoms with E-state index >= 15 is 0 Å². The molecule has 0 atom stereocenters. The van der Waals surface area contributed by atoms with Gasteiger partial charge in [-0.2, -0.15) is 9.36 Å². The first-order valence-corrected chi connectivity index (χ1v) is 6.59. The molecule has 0 unspecified atom stereocenters. The van der Waals surface area contributed by atoms with Crippen LogP contribution in [-0.2, 0) is 0 Å². The maximum Gasteiger partial charge on any atom is 0.298 e. The van der Waals surface area contributed by atoms with Gasteiger partial charge in [-0.3, -0.25) is 0 Å². The SMILES string of the molecule is CC(C)c1nsc(Oc2ccc(F)cc2Br)n1. The number of nitrogens with zero attached hydrogens (tertiary/aromatic N) is 2. The first kappa shape index (κ1) is 12.4. The van der Waals surface area contributed by atoms with E-state index in [1.165, 1.54) is 23.7 Å². The van der Waals surface area contributed by atoms with E-state index in [0.717, 1.165) is 5.82 Å². The van der Waals surface area contributed by atoms with Gasteiger partial charge in [-0.15, -0.1) is 0 Å². The van der Waals surface area contributed by atoms with Crippen molar-refractivity contribution in [3.8, 4) is 10.9 Å². The van der Waals surface area contributed by atoms with Crippen molar-refractivity contribution < 1.29 is 9.13 Å². The van der Waals surface area contributed by atoms with Crippen LogP contribution >= 0.6 is 27.5 Å². The molecule has 1 aromatic heterocycles. The summed E-state index contributed by atoms with van der Waals surface area (Å²) in [5, 5.41) is 0.459. The fraction of sp³-hybridized carbons (Fsp3) is 0.273. The standard InChI is InChI=1S/C11H10BrFN2OS/c1-6(2)10-14-11(17-15-10)16-9-4-3-7(13)5-8(9)12/h3-6H,1-2H3. The van der Waals surface area contributed by atoms with Crippen LogP contribution < -0.4 is 4.74 Å². The first-order valence-electron chi connectivity index (χ1n) is 5.03. The quantitative estimate of drug-likeness (QED) is 0.844. The Hall–Kier alpha value is -1.01. The van der Waals surface area contributed by atoms with Crippen molar-refractivity contribution in [3.63, 3.8) is 0 Å². The summed E-state index contributed by atoms with van der Waals surface area (Å²) >= 11 is 4.42. The van der Waals surface area contributed by atoms with Gasteiger partial charge in [-0.25, -0.2) is 4.39 Å². The second kappa shape index (κ2) is 5.10. The van der Waals surface area contributed by atoms with Crippen molar-refractivity contribution in [2.45, 2.75) is 19.8 Å². The van der Waals surface area contributed by atoms with E-state index in [1.54, 1.807) is 6.07 Å². The fourth-order valence-corrected chi connectivity index (χ4v) is 2.26. The summed E-state index contributed by atoms with van der Waals surface area (Å²) in [7, 11) is 0. The molecule has 90 valence electrons. The third kappa shape index (κ3) is 3.01. The Labute approximate surface area is 111 Å². The highest BCUT2D eigenvalue weighted by Crippen LogP contribution is 2.31. The molecule has 0 fully saturated rings. The topological polar surface area (TPSA) is 35.0 Å². The maximum atomic E-state index is 12.9. The predicted molar refractivity (Wildman–Crippen MR) is 68.2 cm³/mol. The molecular formula is C11H10BrFN2OS. The van der Waals surface area contributed by atoms with Crippen molar-refractivity contribution in [3.05, 3.63) is 34.3 Å². The number of hydrogen-bond donors (Lipinski definition) is 0. The molecule has 0 aliphatic rings. The highest BCUT2D eigenvalue weighted by atomic mass is 79.9. The van der Waals surface area contributed by atoms with Crippen LogP contribution in [0.3, 0.4) is 0 Å². The van der Waals surface area contributed by atoms with Gasteiger partial charge in [0.2, 0.25) is 0 Å². The summed E-state index contributed by atoms with van der Waals surface area (Å²) in [4.78, 5) is 4.24. The van der Waals surface area contributed by atoms with Gasteiger partial charge in [0.25, 0.3) is 5.19 Å². The van der Waals surface area contributed by atoms with Crippen molar-refractivity contribution in [2.24, 2.45) is 0 Å². The zero-order valence-electron chi connectivity index (χ0n) is 9.28. The Bertz CT molecular complexity index is 530. The molecule has 17 heavy (non-hydrogen) atoms. The molecule has 2 aromatic rings. The maximum absolute atomic E-state index is 12.9. The highest BCUT2D eigenvalue weighted by molar-refractivity contribution is 9.10. The Morgan fingerprint density at radius 1 is 1.41 bits per heavy atom. The lowest BCUT2D eigenvalue weighted by Crippen LogP contribution is -1.90. The zero-order chi connectivity index (χ0) is 12.4. The van der Waals surface area contributed by atoms with Crippen LogP contribution in [0.4, 0.5) is 4.39 Å². The molecule has 0 N–H and O–H groups in total. The number of halogens is 2. The normalized spacial score (nSPS) is 10.9. The molecule has 0 aliphatic heterocycles. The number of aromatic nitrogens is 2. The lowest BCUT2D eigenvalue weighted by molar-refractivity contribution is 0.471. The molecule has 0 aliphatic carbocycles. The van der Waals surface area contributed by atoms with Crippen molar-refractivity contribution in [2.75, 3.05) is 0 Å². The van der Waals surface area contributed by atoms with Gasteiger partial charge < -0.3 is 4.74 Å². The van der Waals surface area contributed by atoms with Crippen LogP contribution in [0.15, 0.2) is 22.7 Å². The summed E-state index contributed by atoms with van der Waals surface area (Å²) in [6.45, 7) is 4.03. The Morgan fingerprint density at radius 3 is 2.76 bits per heavy atom. The Kier molecular flexibility index (Phi) is 3.73. The number of ether oxygens (including phenoxy) is 1. The largest absolute Gasteiger partial charge is 0.429 e. The summed E-state index contributed by atoms with van der Waals surface area (Å²) in [6.07, 6.45) is 0. The molecule has 1 heterocycles. The predicted octanol–water partition coefficient (Wildman–Crippen LogP) is 4.36. The number of rotatable bonds is 3. The summed E-state index contributed by atoms with van der Waals surface area (Å²) in [5.74, 6) is 1.23. The second-order valence-corrected chi connectivity index (χ2v) is 5.32. The fourth-order valence-electron chi connectivity index (χ4n) is 1.15.